The predicted octanol–water partition coefficient (Wildman–Crippen LogP) is 4.82. The van der Waals surface area contributed by atoms with E-state index in [1.165, 1.54) is 0 Å². The maximum atomic E-state index is 12.7. The van der Waals surface area contributed by atoms with Crippen molar-refractivity contribution in [1.29, 1.82) is 0 Å². The highest BCUT2D eigenvalue weighted by Crippen LogP contribution is 2.26. The fourth-order valence-corrected chi connectivity index (χ4v) is 4.33. The minimum atomic E-state index is 0.112. The van der Waals surface area contributed by atoms with Crippen LogP contribution in [0, 0.1) is 0 Å². The van der Waals surface area contributed by atoms with Crippen molar-refractivity contribution in [2.24, 2.45) is 0 Å². The third kappa shape index (κ3) is 4.32. The van der Waals surface area contributed by atoms with E-state index in [2.05, 4.69) is 27.2 Å². The van der Waals surface area contributed by atoms with Gasteiger partial charge in [-0.2, -0.15) is 4.98 Å². The maximum absolute atomic E-state index is 12.7. The van der Waals surface area contributed by atoms with E-state index in [4.69, 9.17) is 16.1 Å². The van der Waals surface area contributed by atoms with Crippen LogP contribution in [0.3, 0.4) is 0 Å². The van der Waals surface area contributed by atoms with Crippen molar-refractivity contribution >= 4 is 34.0 Å². The zero-order valence-electron chi connectivity index (χ0n) is 17.6. The van der Waals surface area contributed by atoms with E-state index in [-0.39, 0.29) is 5.91 Å². The number of anilines is 1. The second-order valence-electron chi connectivity index (χ2n) is 7.89. The first-order valence-corrected chi connectivity index (χ1v) is 11.1. The Morgan fingerprint density at radius 1 is 0.969 bits per heavy atom. The summed E-state index contributed by atoms with van der Waals surface area (Å²) in [4.78, 5) is 21.4. The zero-order chi connectivity index (χ0) is 21.9. The Balaban J connectivity index is 1.18. The molecule has 1 fully saturated rings. The Hall–Kier alpha value is -3.38. The molecule has 0 N–H and O–H groups in total. The van der Waals surface area contributed by atoms with Gasteiger partial charge in [0, 0.05) is 55.3 Å². The fourth-order valence-electron chi connectivity index (χ4n) is 4.15. The first kappa shape index (κ1) is 20.5. The molecule has 2 heterocycles. The summed E-state index contributed by atoms with van der Waals surface area (Å²) in [5.41, 5.74) is 2.03. The van der Waals surface area contributed by atoms with E-state index in [1.54, 1.807) is 0 Å². The van der Waals surface area contributed by atoms with Gasteiger partial charge in [-0.15, -0.1) is 0 Å². The van der Waals surface area contributed by atoms with Gasteiger partial charge in [0.2, 0.25) is 17.6 Å². The van der Waals surface area contributed by atoms with E-state index in [1.807, 2.05) is 59.5 Å². The molecule has 0 radical (unpaired) electrons. The van der Waals surface area contributed by atoms with E-state index in [0.29, 0.717) is 37.6 Å². The van der Waals surface area contributed by atoms with Crippen LogP contribution in [-0.4, -0.2) is 47.1 Å². The summed E-state index contributed by atoms with van der Waals surface area (Å²) in [6, 6.07) is 22.0. The Labute approximate surface area is 191 Å². The van der Waals surface area contributed by atoms with Crippen molar-refractivity contribution in [3.05, 3.63) is 77.6 Å². The van der Waals surface area contributed by atoms with Gasteiger partial charge in [-0.3, -0.25) is 4.79 Å². The Morgan fingerprint density at radius 2 is 1.75 bits per heavy atom. The minimum absolute atomic E-state index is 0.112. The summed E-state index contributed by atoms with van der Waals surface area (Å²) < 4.78 is 5.44. The van der Waals surface area contributed by atoms with Crippen molar-refractivity contribution in [2.45, 2.75) is 12.8 Å². The van der Waals surface area contributed by atoms with Crippen LogP contribution in [0.2, 0.25) is 5.02 Å². The highest BCUT2D eigenvalue weighted by Gasteiger charge is 2.22. The molecular weight excluding hydrogens is 424 g/mol. The molecule has 0 bridgehead atoms. The number of amides is 1. The summed E-state index contributed by atoms with van der Waals surface area (Å²) in [6.45, 7) is 2.96. The summed E-state index contributed by atoms with van der Waals surface area (Å²) >= 11 is 6.10. The topological polar surface area (TPSA) is 62.5 Å². The number of piperazine rings is 1. The predicted molar refractivity (Wildman–Crippen MR) is 126 cm³/mol. The monoisotopic (exact) mass is 446 g/mol. The highest BCUT2D eigenvalue weighted by molar-refractivity contribution is 6.30. The number of carbonyl (C=O) groups excluding carboxylic acids is 1. The lowest BCUT2D eigenvalue weighted by molar-refractivity contribution is -0.131. The number of carbonyl (C=O) groups is 1. The fraction of sp³-hybridized carbons (Fsp3) is 0.240. The van der Waals surface area contributed by atoms with Gasteiger partial charge in [0.25, 0.3) is 0 Å². The van der Waals surface area contributed by atoms with Crippen LogP contribution < -0.4 is 4.90 Å². The van der Waals surface area contributed by atoms with Crippen LogP contribution in [0.25, 0.3) is 22.2 Å². The number of aromatic nitrogens is 2. The second kappa shape index (κ2) is 9.01. The van der Waals surface area contributed by atoms with Crippen molar-refractivity contribution in [3.63, 3.8) is 0 Å². The number of benzene rings is 3. The normalized spacial score (nSPS) is 14.2. The van der Waals surface area contributed by atoms with E-state index in [0.717, 1.165) is 40.1 Å². The molecule has 0 atom stereocenters. The largest absolute Gasteiger partial charge is 0.368 e. The average Bonchev–Trinajstić information content (AvgIpc) is 3.31. The first-order valence-electron chi connectivity index (χ1n) is 10.8. The SMILES string of the molecule is O=C(CCc1nc(-c2cccc3ccccc23)no1)N1CCN(c2cccc(Cl)c2)CC1. The number of rotatable bonds is 5. The van der Waals surface area contributed by atoms with Gasteiger partial charge in [-0.1, -0.05) is 65.3 Å². The summed E-state index contributed by atoms with van der Waals surface area (Å²) in [7, 11) is 0. The molecule has 5 rings (SSSR count). The van der Waals surface area contributed by atoms with Crippen molar-refractivity contribution in [2.75, 3.05) is 31.1 Å². The highest BCUT2D eigenvalue weighted by atomic mass is 35.5. The number of nitrogens with zero attached hydrogens (tertiary/aromatic N) is 4. The smallest absolute Gasteiger partial charge is 0.227 e. The molecule has 7 heteroatoms. The third-order valence-electron chi connectivity index (χ3n) is 5.86. The Kier molecular flexibility index (Phi) is 5.77. The van der Waals surface area contributed by atoms with Crippen LogP contribution in [0.15, 0.2) is 71.3 Å². The molecule has 3 aromatic carbocycles. The van der Waals surface area contributed by atoms with Gasteiger partial charge in [-0.05, 0) is 29.0 Å². The van der Waals surface area contributed by atoms with Crippen LogP contribution in [0.4, 0.5) is 5.69 Å². The van der Waals surface area contributed by atoms with Gasteiger partial charge in [0.1, 0.15) is 0 Å². The number of fused-ring (bicyclic) bond motifs is 1. The minimum Gasteiger partial charge on any atom is -0.368 e. The van der Waals surface area contributed by atoms with Gasteiger partial charge in [0.15, 0.2) is 0 Å². The molecule has 1 aliphatic rings. The molecule has 4 aromatic rings. The molecule has 0 spiro atoms. The molecule has 6 nitrogen and oxygen atoms in total. The van der Waals surface area contributed by atoms with Gasteiger partial charge in [-0.25, -0.2) is 0 Å². The molecule has 1 aromatic heterocycles. The van der Waals surface area contributed by atoms with Crippen LogP contribution in [0.5, 0.6) is 0 Å². The molecule has 162 valence electrons. The standard InChI is InChI=1S/C25H23ClN4O2/c26-19-7-4-8-20(17-19)29-13-15-30(16-14-29)24(31)12-11-23-27-25(28-32-23)22-10-3-6-18-5-1-2-9-21(18)22/h1-10,17H,11-16H2. The molecule has 0 aliphatic carbocycles. The number of aryl methyl sites for hydroxylation is 1. The van der Waals surface area contributed by atoms with Gasteiger partial charge < -0.3 is 14.3 Å². The Bertz CT molecular complexity index is 1240. The number of hydrogen-bond acceptors (Lipinski definition) is 5. The molecule has 32 heavy (non-hydrogen) atoms. The summed E-state index contributed by atoms with van der Waals surface area (Å²) in [5, 5.41) is 7.08. The van der Waals surface area contributed by atoms with Crippen molar-refractivity contribution in [3.8, 4) is 11.4 Å². The lowest BCUT2D eigenvalue weighted by Gasteiger charge is -2.36. The van der Waals surface area contributed by atoms with Gasteiger partial charge >= 0.3 is 0 Å². The first-order chi connectivity index (χ1) is 15.7. The molecule has 0 unspecified atom stereocenters. The zero-order valence-corrected chi connectivity index (χ0v) is 18.3. The van der Waals surface area contributed by atoms with E-state index in [9.17, 15) is 4.79 Å². The average molecular weight is 447 g/mol. The van der Waals surface area contributed by atoms with Crippen LogP contribution >= 0.6 is 11.6 Å². The molecule has 0 saturated carbocycles. The van der Waals surface area contributed by atoms with Crippen LogP contribution in [0.1, 0.15) is 12.3 Å². The van der Waals surface area contributed by atoms with E-state index >= 15 is 0 Å². The molecule has 1 amide bonds. The molecule has 1 aliphatic heterocycles. The van der Waals surface area contributed by atoms with Crippen molar-refractivity contribution in [1.82, 2.24) is 15.0 Å². The second-order valence-corrected chi connectivity index (χ2v) is 8.32. The number of hydrogen-bond donors (Lipinski definition) is 0. The molecular formula is C25H23ClN4O2. The number of halogens is 1. The lowest BCUT2D eigenvalue weighted by atomic mass is 10.0. The quantitative estimate of drug-likeness (QED) is 0.439. The third-order valence-corrected chi connectivity index (χ3v) is 6.09. The summed E-state index contributed by atoms with van der Waals surface area (Å²) in [6.07, 6.45) is 0.791. The molecule has 1 saturated heterocycles. The van der Waals surface area contributed by atoms with E-state index < -0.39 is 0 Å². The Morgan fingerprint density at radius 3 is 2.59 bits per heavy atom. The van der Waals surface area contributed by atoms with Gasteiger partial charge in [0.05, 0.1) is 0 Å². The lowest BCUT2D eigenvalue weighted by Crippen LogP contribution is -2.48. The van der Waals surface area contributed by atoms with Crippen molar-refractivity contribution < 1.29 is 9.32 Å². The maximum Gasteiger partial charge on any atom is 0.227 e. The van der Waals surface area contributed by atoms with Crippen LogP contribution in [-0.2, 0) is 11.2 Å². The summed E-state index contributed by atoms with van der Waals surface area (Å²) in [5.74, 6) is 1.15.